The molecule has 6 nitrogen and oxygen atoms in total. The van der Waals surface area contributed by atoms with Crippen LogP contribution in [0.15, 0.2) is 35.3 Å². The van der Waals surface area contributed by atoms with Crippen LogP contribution < -0.4 is 10.9 Å². The van der Waals surface area contributed by atoms with Gasteiger partial charge in [-0.1, -0.05) is 23.2 Å². The molecule has 0 bridgehead atoms. The number of carbonyl (C=O) groups is 2. The molecular weight excluding hydrogens is 331 g/mol. The molecule has 22 heavy (non-hydrogen) atoms. The summed E-state index contributed by atoms with van der Waals surface area (Å²) in [6.45, 7) is 0. The van der Waals surface area contributed by atoms with E-state index in [1.54, 1.807) is 0 Å². The number of hydrogen-bond acceptors (Lipinski definition) is 4. The topological polar surface area (TPSA) is 88.3 Å². The van der Waals surface area contributed by atoms with Gasteiger partial charge in [0.1, 0.15) is 5.02 Å². The predicted octanol–water partition coefficient (Wildman–Crippen LogP) is 2.72. The van der Waals surface area contributed by atoms with E-state index in [4.69, 9.17) is 23.2 Å². The van der Waals surface area contributed by atoms with Crippen LogP contribution in [0.4, 0.5) is 5.69 Å². The number of anilines is 1. The highest BCUT2D eigenvalue weighted by Crippen LogP contribution is 2.24. The molecule has 1 aromatic heterocycles. The van der Waals surface area contributed by atoms with Crippen molar-refractivity contribution in [1.82, 2.24) is 4.98 Å². The van der Waals surface area contributed by atoms with E-state index in [0.717, 1.165) is 0 Å². The molecule has 2 N–H and O–H groups in total. The van der Waals surface area contributed by atoms with Crippen molar-refractivity contribution in [2.45, 2.75) is 0 Å². The van der Waals surface area contributed by atoms with Gasteiger partial charge in [0.05, 0.1) is 28.9 Å². The first-order valence-corrected chi connectivity index (χ1v) is 6.75. The summed E-state index contributed by atoms with van der Waals surface area (Å²) < 4.78 is 4.60. The zero-order chi connectivity index (χ0) is 16.3. The Morgan fingerprint density at radius 3 is 2.50 bits per heavy atom. The van der Waals surface area contributed by atoms with Crippen LogP contribution in [0, 0.1) is 0 Å². The zero-order valence-corrected chi connectivity index (χ0v) is 12.8. The summed E-state index contributed by atoms with van der Waals surface area (Å²) in [6, 6.07) is 5.55. The molecule has 1 aromatic carbocycles. The summed E-state index contributed by atoms with van der Waals surface area (Å²) in [4.78, 5) is 37.1. The summed E-state index contributed by atoms with van der Waals surface area (Å²) in [5, 5.41) is 2.67. The largest absolute Gasteiger partial charge is 0.465 e. The lowest BCUT2D eigenvalue weighted by atomic mass is 10.2. The SMILES string of the molecule is COC(=O)c1ccc(Cl)c(NC(=O)c2c[nH]c(=O)c(Cl)c2)c1. The normalized spacial score (nSPS) is 10.1. The van der Waals surface area contributed by atoms with E-state index in [0.29, 0.717) is 0 Å². The summed E-state index contributed by atoms with van der Waals surface area (Å²) in [5.74, 6) is -1.10. The molecule has 0 radical (unpaired) electrons. The maximum absolute atomic E-state index is 12.1. The van der Waals surface area contributed by atoms with Crippen molar-refractivity contribution in [1.29, 1.82) is 0 Å². The Morgan fingerprint density at radius 1 is 1.14 bits per heavy atom. The van der Waals surface area contributed by atoms with Crippen LogP contribution in [-0.4, -0.2) is 24.0 Å². The van der Waals surface area contributed by atoms with Gasteiger partial charge in [0.25, 0.3) is 11.5 Å². The molecule has 1 amide bonds. The molecule has 0 unspecified atom stereocenters. The van der Waals surface area contributed by atoms with E-state index in [-0.39, 0.29) is 26.9 Å². The monoisotopic (exact) mass is 340 g/mol. The molecule has 0 atom stereocenters. The molecule has 2 aromatic rings. The fraction of sp³-hybridized carbons (Fsp3) is 0.0714. The first-order chi connectivity index (χ1) is 10.4. The molecule has 114 valence electrons. The van der Waals surface area contributed by atoms with Gasteiger partial charge in [-0.25, -0.2) is 4.79 Å². The molecule has 0 aliphatic heterocycles. The number of pyridine rings is 1. The summed E-state index contributed by atoms with van der Waals surface area (Å²) in [6.07, 6.45) is 1.22. The second-order valence-electron chi connectivity index (χ2n) is 4.21. The third-order valence-corrected chi connectivity index (χ3v) is 3.37. The number of H-pyrrole nitrogens is 1. The summed E-state index contributed by atoms with van der Waals surface area (Å²) >= 11 is 11.6. The van der Waals surface area contributed by atoms with Crippen molar-refractivity contribution in [3.63, 3.8) is 0 Å². The molecule has 8 heteroatoms. The third kappa shape index (κ3) is 3.47. The number of nitrogens with one attached hydrogen (secondary N) is 2. The van der Waals surface area contributed by atoms with Crippen LogP contribution in [0.25, 0.3) is 0 Å². The highest BCUT2D eigenvalue weighted by molar-refractivity contribution is 6.34. The van der Waals surface area contributed by atoms with Crippen LogP contribution in [0.5, 0.6) is 0 Å². The number of halogens is 2. The number of ether oxygens (including phenoxy) is 1. The second-order valence-corrected chi connectivity index (χ2v) is 5.02. The number of amides is 1. The first kappa shape index (κ1) is 16.1. The molecule has 1 heterocycles. The van der Waals surface area contributed by atoms with E-state index in [1.165, 1.54) is 37.6 Å². The average Bonchev–Trinajstić information content (AvgIpc) is 2.51. The third-order valence-electron chi connectivity index (χ3n) is 2.76. The number of methoxy groups -OCH3 is 1. The number of aromatic amines is 1. The van der Waals surface area contributed by atoms with Crippen LogP contribution >= 0.6 is 23.2 Å². The van der Waals surface area contributed by atoms with Crippen LogP contribution in [0.2, 0.25) is 10.0 Å². The Bertz CT molecular complexity index is 802. The number of hydrogen-bond donors (Lipinski definition) is 2. The first-order valence-electron chi connectivity index (χ1n) is 6.00. The Labute approximate surface area is 135 Å². The van der Waals surface area contributed by atoms with Gasteiger partial charge in [0, 0.05) is 6.20 Å². The van der Waals surface area contributed by atoms with Gasteiger partial charge < -0.3 is 15.0 Å². The van der Waals surface area contributed by atoms with Gasteiger partial charge in [-0.2, -0.15) is 0 Å². The van der Waals surface area contributed by atoms with Gasteiger partial charge in [0.2, 0.25) is 0 Å². The van der Waals surface area contributed by atoms with Gasteiger partial charge in [0.15, 0.2) is 0 Å². The maximum atomic E-state index is 12.1. The lowest BCUT2D eigenvalue weighted by Gasteiger charge is -2.09. The number of benzene rings is 1. The molecule has 0 aliphatic carbocycles. The number of esters is 1. The van der Waals surface area contributed by atoms with E-state index in [2.05, 4.69) is 15.0 Å². The van der Waals surface area contributed by atoms with Crippen LogP contribution in [-0.2, 0) is 4.74 Å². The van der Waals surface area contributed by atoms with E-state index in [1.807, 2.05) is 0 Å². The van der Waals surface area contributed by atoms with E-state index in [9.17, 15) is 14.4 Å². The standard InChI is InChI=1S/C14H10Cl2N2O4/c1-22-14(21)7-2-3-9(15)11(5-7)18-12(19)8-4-10(16)13(20)17-6-8/h2-6H,1H3,(H,17,20)(H,18,19). The fourth-order valence-corrected chi connectivity index (χ4v) is 1.98. The Balaban J connectivity index is 2.29. The van der Waals surface area contributed by atoms with E-state index < -0.39 is 17.4 Å². The van der Waals surface area contributed by atoms with Crippen molar-refractivity contribution < 1.29 is 14.3 Å². The van der Waals surface area contributed by atoms with Crippen molar-refractivity contribution in [3.8, 4) is 0 Å². The second kappa shape index (κ2) is 6.64. The molecule has 0 saturated heterocycles. The minimum Gasteiger partial charge on any atom is -0.465 e. The highest BCUT2D eigenvalue weighted by Gasteiger charge is 2.13. The average molecular weight is 341 g/mol. The van der Waals surface area contributed by atoms with Crippen molar-refractivity contribution in [2.24, 2.45) is 0 Å². The minimum atomic E-state index is -0.556. The Kier molecular flexibility index (Phi) is 4.85. The smallest absolute Gasteiger partial charge is 0.337 e. The molecular formula is C14H10Cl2N2O4. The van der Waals surface area contributed by atoms with Crippen LogP contribution in [0.3, 0.4) is 0 Å². The molecule has 0 aliphatic rings. The van der Waals surface area contributed by atoms with Crippen molar-refractivity contribution >= 4 is 40.8 Å². The van der Waals surface area contributed by atoms with Gasteiger partial charge in [-0.05, 0) is 24.3 Å². The zero-order valence-electron chi connectivity index (χ0n) is 11.3. The van der Waals surface area contributed by atoms with Gasteiger partial charge >= 0.3 is 5.97 Å². The fourth-order valence-electron chi connectivity index (χ4n) is 1.65. The highest BCUT2D eigenvalue weighted by atomic mass is 35.5. The lowest BCUT2D eigenvalue weighted by Crippen LogP contribution is -2.16. The molecule has 0 saturated carbocycles. The predicted molar refractivity (Wildman–Crippen MR) is 82.8 cm³/mol. The summed E-state index contributed by atoms with van der Waals surface area (Å²) in [7, 11) is 1.25. The van der Waals surface area contributed by atoms with Gasteiger partial charge in [-0.15, -0.1) is 0 Å². The quantitative estimate of drug-likeness (QED) is 0.840. The number of aromatic nitrogens is 1. The lowest BCUT2D eigenvalue weighted by molar-refractivity contribution is 0.0600. The number of carbonyl (C=O) groups excluding carboxylic acids is 2. The molecule has 2 rings (SSSR count). The Hall–Kier alpha value is -2.31. The van der Waals surface area contributed by atoms with E-state index >= 15 is 0 Å². The van der Waals surface area contributed by atoms with Crippen molar-refractivity contribution in [3.05, 3.63) is 62.0 Å². The maximum Gasteiger partial charge on any atom is 0.337 e. The van der Waals surface area contributed by atoms with Crippen LogP contribution in [0.1, 0.15) is 20.7 Å². The molecule has 0 spiro atoms. The Morgan fingerprint density at radius 2 is 1.86 bits per heavy atom. The van der Waals surface area contributed by atoms with Gasteiger partial charge in [-0.3, -0.25) is 9.59 Å². The summed E-state index contributed by atoms with van der Waals surface area (Å²) in [5.41, 5.74) is 0.117. The van der Waals surface area contributed by atoms with Crippen molar-refractivity contribution in [2.75, 3.05) is 12.4 Å². The minimum absolute atomic E-state index is 0.109. The number of rotatable bonds is 3. The molecule has 0 fully saturated rings.